The Labute approximate surface area is 113 Å². The van der Waals surface area contributed by atoms with E-state index in [1.54, 1.807) is 12.3 Å². The molecule has 2 aromatic rings. The van der Waals surface area contributed by atoms with Gasteiger partial charge < -0.3 is 9.67 Å². The molecule has 2 rings (SSSR count). The molecule has 1 atom stereocenters. The van der Waals surface area contributed by atoms with Crippen molar-refractivity contribution in [3.63, 3.8) is 0 Å². The molecule has 5 heteroatoms. The molecule has 0 saturated heterocycles. The highest BCUT2D eigenvalue weighted by Crippen LogP contribution is 2.26. The van der Waals surface area contributed by atoms with Crippen LogP contribution in [0.4, 0.5) is 4.39 Å². The Bertz CT molecular complexity index is 542. The molecule has 3 nitrogen and oxygen atoms in total. The lowest BCUT2D eigenvalue weighted by atomic mass is 10.1. The monoisotopic (exact) mass is 312 g/mol. The van der Waals surface area contributed by atoms with Crippen molar-refractivity contribution in [3.05, 3.63) is 52.3 Å². The van der Waals surface area contributed by atoms with Gasteiger partial charge in [0, 0.05) is 29.8 Å². The first-order valence-corrected chi connectivity index (χ1v) is 6.54. The molecule has 0 aliphatic rings. The molecule has 96 valence electrons. The van der Waals surface area contributed by atoms with E-state index in [1.165, 1.54) is 12.1 Å². The second kappa shape index (κ2) is 5.63. The van der Waals surface area contributed by atoms with E-state index in [4.69, 9.17) is 0 Å². The van der Waals surface area contributed by atoms with E-state index in [0.29, 0.717) is 16.5 Å². The first-order chi connectivity index (χ1) is 8.61. The molecule has 1 aromatic carbocycles. The number of aliphatic hydroxyl groups excluding tert-OH is 1. The van der Waals surface area contributed by atoms with Crippen LogP contribution in [0.25, 0.3) is 0 Å². The van der Waals surface area contributed by atoms with Gasteiger partial charge in [0.1, 0.15) is 11.6 Å². The molecule has 0 saturated carbocycles. The summed E-state index contributed by atoms with van der Waals surface area (Å²) in [5.41, 5.74) is 0.542. The van der Waals surface area contributed by atoms with Crippen LogP contribution in [-0.4, -0.2) is 14.7 Å². The maximum Gasteiger partial charge on any atom is 0.123 e. The van der Waals surface area contributed by atoms with Gasteiger partial charge in [0.15, 0.2) is 0 Å². The third kappa shape index (κ3) is 2.79. The summed E-state index contributed by atoms with van der Waals surface area (Å²) in [5, 5.41) is 10.2. The molecule has 0 bridgehead atoms. The predicted octanol–water partition coefficient (Wildman–Crippen LogP) is 3.08. The lowest BCUT2D eigenvalue weighted by Gasteiger charge is -2.13. The largest absolute Gasteiger partial charge is 0.388 e. The van der Waals surface area contributed by atoms with Gasteiger partial charge in [-0.2, -0.15) is 0 Å². The summed E-state index contributed by atoms with van der Waals surface area (Å²) in [7, 11) is 0. The molecule has 18 heavy (non-hydrogen) atoms. The Morgan fingerprint density at radius 1 is 1.50 bits per heavy atom. The molecule has 0 radical (unpaired) electrons. The lowest BCUT2D eigenvalue weighted by Crippen LogP contribution is -2.09. The van der Waals surface area contributed by atoms with Crippen molar-refractivity contribution in [1.29, 1.82) is 0 Å². The highest BCUT2D eigenvalue weighted by Gasteiger charge is 2.15. The Kier molecular flexibility index (Phi) is 4.14. The van der Waals surface area contributed by atoms with Crippen LogP contribution in [0.1, 0.15) is 24.4 Å². The van der Waals surface area contributed by atoms with Crippen molar-refractivity contribution in [2.24, 2.45) is 0 Å². The number of hydrogen-bond acceptors (Lipinski definition) is 2. The summed E-state index contributed by atoms with van der Waals surface area (Å²) in [6, 6.07) is 4.29. The second-order valence-electron chi connectivity index (χ2n) is 4.02. The maximum absolute atomic E-state index is 13.2. The fourth-order valence-electron chi connectivity index (χ4n) is 1.87. The number of aromatic nitrogens is 2. The van der Waals surface area contributed by atoms with Gasteiger partial charge in [-0.3, -0.25) is 0 Å². The van der Waals surface area contributed by atoms with Crippen molar-refractivity contribution in [2.75, 3.05) is 0 Å². The van der Waals surface area contributed by atoms with E-state index < -0.39 is 6.10 Å². The molecule has 0 aliphatic carbocycles. The van der Waals surface area contributed by atoms with Crippen molar-refractivity contribution in [1.82, 2.24) is 9.55 Å². The van der Waals surface area contributed by atoms with Crippen molar-refractivity contribution in [2.45, 2.75) is 26.0 Å². The zero-order valence-electron chi connectivity index (χ0n) is 9.98. The van der Waals surface area contributed by atoms with E-state index in [9.17, 15) is 9.50 Å². The Morgan fingerprint density at radius 3 is 3.00 bits per heavy atom. The van der Waals surface area contributed by atoms with E-state index in [-0.39, 0.29) is 5.82 Å². The SMILES string of the molecule is CCn1ccnc1CC(O)c1cc(F)ccc1Br. The minimum atomic E-state index is -0.775. The van der Waals surface area contributed by atoms with E-state index in [0.717, 1.165) is 12.4 Å². The fraction of sp³-hybridized carbons (Fsp3) is 0.308. The van der Waals surface area contributed by atoms with Gasteiger partial charge in [-0.25, -0.2) is 9.37 Å². The topological polar surface area (TPSA) is 38.0 Å². The van der Waals surface area contributed by atoms with E-state index in [1.807, 2.05) is 17.7 Å². The molecule has 0 amide bonds. The number of halogens is 2. The van der Waals surface area contributed by atoms with Crippen LogP contribution >= 0.6 is 15.9 Å². The Balaban J connectivity index is 2.21. The quantitative estimate of drug-likeness (QED) is 0.942. The summed E-state index contributed by atoms with van der Waals surface area (Å²) in [6.07, 6.45) is 3.15. The van der Waals surface area contributed by atoms with Gasteiger partial charge in [0.25, 0.3) is 0 Å². The van der Waals surface area contributed by atoms with Crippen LogP contribution in [0.3, 0.4) is 0 Å². The second-order valence-corrected chi connectivity index (χ2v) is 4.87. The summed E-state index contributed by atoms with van der Waals surface area (Å²) >= 11 is 3.32. The molecule has 0 spiro atoms. The predicted molar refractivity (Wildman–Crippen MR) is 70.7 cm³/mol. The van der Waals surface area contributed by atoms with Crippen LogP contribution in [-0.2, 0) is 13.0 Å². The van der Waals surface area contributed by atoms with Crippen molar-refractivity contribution in [3.8, 4) is 0 Å². The number of aryl methyl sites for hydroxylation is 1. The van der Waals surface area contributed by atoms with Crippen LogP contribution in [0, 0.1) is 5.82 Å². The first-order valence-electron chi connectivity index (χ1n) is 5.74. The molecule has 1 N–H and O–H groups in total. The lowest BCUT2D eigenvalue weighted by molar-refractivity contribution is 0.173. The van der Waals surface area contributed by atoms with Crippen LogP contribution in [0.15, 0.2) is 35.1 Å². The highest BCUT2D eigenvalue weighted by atomic mass is 79.9. The van der Waals surface area contributed by atoms with E-state index in [2.05, 4.69) is 20.9 Å². The van der Waals surface area contributed by atoms with Gasteiger partial charge in [0.05, 0.1) is 6.10 Å². The summed E-state index contributed by atoms with van der Waals surface area (Å²) in [4.78, 5) is 4.20. The minimum absolute atomic E-state index is 0.355. The molecule has 0 fully saturated rings. The third-order valence-electron chi connectivity index (χ3n) is 2.84. The maximum atomic E-state index is 13.2. The molecular weight excluding hydrogens is 299 g/mol. The van der Waals surface area contributed by atoms with Crippen LogP contribution in [0.5, 0.6) is 0 Å². The average Bonchev–Trinajstić information content (AvgIpc) is 2.79. The normalized spacial score (nSPS) is 12.7. The number of hydrogen-bond donors (Lipinski definition) is 1. The average molecular weight is 313 g/mol. The molecule has 0 aliphatic heterocycles. The fourth-order valence-corrected chi connectivity index (χ4v) is 2.38. The number of nitrogens with zero attached hydrogens (tertiary/aromatic N) is 2. The zero-order chi connectivity index (χ0) is 13.1. The number of imidazole rings is 1. The molecule has 1 aromatic heterocycles. The van der Waals surface area contributed by atoms with Crippen LogP contribution in [0.2, 0.25) is 0 Å². The van der Waals surface area contributed by atoms with Crippen LogP contribution < -0.4 is 0 Å². The Morgan fingerprint density at radius 2 is 2.28 bits per heavy atom. The van der Waals surface area contributed by atoms with Gasteiger partial charge in [-0.05, 0) is 30.7 Å². The summed E-state index contributed by atoms with van der Waals surface area (Å²) in [6.45, 7) is 2.81. The van der Waals surface area contributed by atoms with Gasteiger partial charge in [-0.1, -0.05) is 15.9 Å². The third-order valence-corrected chi connectivity index (χ3v) is 3.56. The standard InChI is InChI=1S/C13H14BrFN2O/c1-2-17-6-5-16-13(17)8-12(18)10-7-9(15)3-4-11(10)14/h3-7,12,18H,2,8H2,1H3. The van der Waals surface area contributed by atoms with Gasteiger partial charge in [-0.15, -0.1) is 0 Å². The summed E-state index contributed by atoms with van der Waals surface area (Å²) < 4.78 is 15.8. The van der Waals surface area contributed by atoms with E-state index >= 15 is 0 Å². The van der Waals surface area contributed by atoms with Crippen molar-refractivity contribution >= 4 is 15.9 Å². The number of aliphatic hydroxyl groups is 1. The molecule has 1 unspecified atom stereocenters. The smallest absolute Gasteiger partial charge is 0.123 e. The highest BCUT2D eigenvalue weighted by molar-refractivity contribution is 9.10. The first kappa shape index (κ1) is 13.2. The molecular formula is C13H14BrFN2O. The summed E-state index contributed by atoms with van der Waals surface area (Å²) in [5.74, 6) is 0.437. The molecule has 1 heterocycles. The zero-order valence-corrected chi connectivity index (χ0v) is 11.6. The Hall–Kier alpha value is -1.20. The van der Waals surface area contributed by atoms with Crippen molar-refractivity contribution < 1.29 is 9.50 Å². The number of rotatable bonds is 4. The number of benzene rings is 1. The minimum Gasteiger partial charge on any atom is -0.388 e. The van der Waals surface area contributed by atoms with Gasteiger partial charge >= 0.3 is 0 Å². The van der Waals surface area contributed by atoms with Gasteiger partial charge in [0.2, 0.25) is 0 Å².